The molecule has 2 aromatic rings. The average molecular weight is 270 g/mol. The van der Waals surface area contributed by atoms with E-state index in [1.807, 2.05) is 38.1 Å². The molecule has 19 heavy (non-hydrogen) atoms. The Morgan fingerprint density at radius 3 is 2.74 bits per heavy atom. The Labute approximate surface area is 116 Å². The van der Waals surface area contributed by atoms with E-state index in [1.54, 1.807) is 13.3 Å². The van der Waals surface area contributed by atoms with E-state index in [0.29, 0.717) is 5.56 Å². The maximum Gasteiger partial charge on any atom is 0.134 e. The molecule has 0 amide bonds. The van der Waals surface area contributed by atoms with Crippen LogP contribution in [0.25, 0.3) is 0 Å². The van der Waals surface area contributed by atoms with Crippen LogP contribution in [0.4, 0.5) is 5.00 Å². The van der Waals surface area contributed by atoms with Gasteiger partial charge in [-0.05, 0) is 31.5 Å². The van der Waals surface area contributed by atoms with Gasteiger partial charge in [-0.2, -0.15) is 5.26 Å². The molecule has 0 unspecified atom stereocenters. The maximum absolute atomic E-state index is 9.17. The Balaban J connectivity index is 2.39. The first kappa shape index (κ1) is 13.3. The van der Waals surface area contributed by atoms with Gasteiger partial charge in [0.15, 0.2) is 0 Å². The number of rotatable bonds is 3. The largest absolute Gasteiger partial charge is 0.496 e. The molecule has 1 aromatic heterocycles. The number of aryl methyl sites for hydroxylation is 1. The van der Waals surface area contributed by atoms with Gasteiger partial charge >= 0.3 is 0 Å². The fourth-order valence-electron chi connectivity index (χ4n) is 1.73. The summed E-state index contributed by atoms with van der Waals surface area (Å²) in [6, 6.07) is 9.88. The fraction of sp³-hybridized carbons (Fsp3) is 0.200. The zero-order valence-electron chi connectivity index (χ0n) is 11.1. The minimum atomic E-state index is 0.661. The zero-order chi connectivity index (χ0) is 13.8. The topological polar surface area (TPSA) is 45.4 Å². The molecule has 96 valence electrons. The molecule has 3 nitrogen and oxygen atoms in total. The van der Waals surface area contributed by atoms with Crippen LogP contribution in [0.3, 0.4) is 0 Å². The molecule has 1 aromatic carbocycles. The molecular weight excluding hydrogens is 256 g/mol. The lowest BCUT2D eigenvalue weighted by Gasteiger charge is -2.02. The Bertz CT molecular complexity index is 665. The van der Waals surface area contributed by atoms with Crippen LogP contribution in [0.5, 0.6) is 5.75 Å². The summed E-state index contributed by atoms with van der Waals surface area (Å²) in [5, 5.41) is 9.92. The second kappa shape index (κ2) is 5.68. The molecule has 4 heteroatoms. The molecule has 0 aliphatic heterocycles. The van der Waals surface area contributed by atoms with Crippen LogP contribution < -0.4 is 4.74 Å². The average Bonchev–Trinajstić information content (AvgIpc) is 2.71. The Hall–Kier alpha value is -2.12. The number of aliphatic imine (C=N–C) groups is 1. The van der Waals surface area contributed by atoms with Crippen molar-refractivity contribution < 1.29 is 4.74 Å². The summed E-state index contributed by atoms with van der Waals surface area (Å²) < 4.78 is 5.27. The highest BCUT2D eigenvalue weighted by atomic mass is 32.1. The van der Waals surface area contributed by atoms with Crippen molar-refractivity contribution in [3.05, 3.63) is 45.8 Å². The Morgan fingerprint density at radius 2 is 2.05 bits per heavy atom. The molecule has 0 radical (unpaired) electrons. The van der Waals surface area contributed by atoms with Gasteiger partial charge < -0.3 is 4.74 Å². The minimum absolute atomic E-state index is 0.661. The van der Waals surface area contributed by atoms with E-state index >= 15 is 0 Å². The smallest absolute Gasteiger partial charge is 0.134 e. The van der Waals surface area contributed by atoms with E-state index < -0.39 is 0 Å². The first-order chi connectivity index (χ1) is 9.17. The third-order valence-electron chi connectivity index (χ3n) is 2.94. The van der Waals surface area contributed by atoms with Crippen LogP contribution in [-0.2, 0) is 0 Å². The van der Waals surface area contributed by atoms with E-state index in [-0.39, 0.29) is 0 Å². The molecule has 0 saturated heterocycles. The van der Waals surface area contributed by atoms with Crippen molar-refractivity contribution in [1.29, 1.82) is 5.26 Å². The molecule has 0 aliphatic rings. The van der Waals surface area contributed by atoms with E-state index in [1.165, 1.54) is 11.3 Å². The van der Waals surface area contributed by atoms with Gasteiger partial charge in [0, 0.05) is 16.7 Å². The van der Waals surface area contributed by atoms with Crippen molar-refractivity contribution in [1.82, 2.24) is 0 Å². The molecular formula is C15H14N2OS. The molecule has 0 N–H and O–H groups in total. The highest BCUT2D eigenvalue weighted by Gasteiger charge is 2.10. The highest BCUT2D eigenvalue weighted by Crippen LogP contribution is 2.34. The number of thiophene rings is 1. The number of hydrogen-bond donors (Lipinski definition) is 0. The minimum Gasteiger partial charge on any atom is -0.496 e. The second-order valence-corrected chi connectivity index (χ2v) is 5.28. The number of benzene rings is 1. The van der Waals surface area contributed by atoms with Gasteiger partial charge in [0.1, 0.15) is 16.8 Å². The predicted octanol–water partition coefficient (Wildman–Crippen LogP) is 4.00. The Morgan fingerprint density at radius 1 is 1.32 bits per heavy atom. The van der Waals surface area contributed by atoms with Crippen LogP contribution in [-0.4, -0.2) is 13.3 Å². The number of ether oxygens (including phenoxy) is 1. The first-order valence-corrected chi connectivity index (χ1v) is 6.66. The fourth-order valence-corrected chi connectivity index (χ4v) is 2.68. The standard InChI is InChI=1S/C15H14N2OS/c1-10-11(2)19-15(13(10)8-16)17-9-12-6-4-5-7-14(12)18-3/h4-7,9H,1-3H3/b17-9+. The SMILES string of the molecule is COc1ccccc1/C=N/c1sc(C)c(C)c1C#N. The normalized spacial score (nSPS) is 10.6. The molecule has 0 atom stereocenters. The number of methoxy groups -OCH3 is 1. The lowest BCUT2D eigenvalue weighted by atomic mass is 10.2. The zero-order valence-corrected chi connectivity index (χ0v) is 11.9. The predicted molar refractivity (Wildman–Crippen MR) is 78.8 cm³/mol. The molecule has 0 spiro atoms. The lowest BCUT2D eigenvalue weighted by molar-refractivity contribution is 0.414. The first-order valence-electron chi connectivity index (χ1n) is 5.84. The summed E-state index contributed by atoms with van der Waals surface area (Å²) >= 11 is 1.54. The van der Waals surface area contributed by atoms with Gasteiger partial charge in [-0.25, -0.2) is 4.99 Å². The number of para-hydroxylation sites is 1. The summed E-state index contributed by atoms with van der Waals surface area (Å²) in [6.07, 6.45) is 1.74. The van der Waals surface area contributed by atoms with Crippen LogP contribution >= 0.6 is 11.3 Å². The van der Waals surface area contributed by atoms with E-state index in [9.17, 15) is 0 Å². The third kappa shape index (κ3) is 2.67. The van der Waals surface area contributed by atoms with Crippen molar-refractivity contribution in [3.8, 4) is 11.8 Å². The summed E-state index contributed by atoms with van der Waals surface area (Å²) in [4.78, 5) is 5.56. The van der Waals surface area contributed by atoms with Crippen molar-refractivity contribution in [3.63, 3.8) is 0 Å². The monoisotopic (exact) mass is 270 g/mol. The summed E-state index contributed by atoms with van der Waals surface area (Å²) in [5.41, 5.74) is 2.57. The van der Waals surface area contributed by atoms with Crippen LogP contribution in [0.15, 0.2) is 29.3 Å². The third-order valence-corrected chi connectivity index (χ3v) is 4.05. The number of nitrogens with zero attached hydrogens (tertiary/aromatic N) is 2. The van der Waals surface area contributed by atoms with Crippen molar-refractivity contribution in [2.24, 2.45) is 4.99 Å². The molecule has 0 saturated carbocycles. The van der Waals surface area contributed by atoms with Gasteiger partial charge in [-0.15, -0.1) is 11.3 Å². The van der Waals surface area contributed by atoms with Gasteiger partial charge in [0.2, 0.25) is 0 Å². The van der Waals surface area contributed by atoms with Crippen LogP contribution in [0.2, 0.25) is 0 Å². The Kier molecular flexibility index (Phi) is 3.98. The van der Waals surface area contributed by atoms with Crippen molar-refractivity contribution in [2.75, 3.05) is 7.11 Å². The van der Waals surface area contributed by atoms with Gasteiger partial charge in [-0.3, -0.25) is 0 Å². The van der Waals surface area contributed by atoms with E-state index in [2.05, 4.69) is 11.1 Å². The molecule has 0 aliphatic carbocycles. The van der Waals surface area contributed by atoms with Gasteiger partial charge in [0.05, 0.1) is 12.7 Å². The van der Waals surface area contributed by atoms with E-state index in [4.69, 9.17) is 10.00 Å². The van der Waals surface area contributed by atoms with Crippen LogP contribution in [0.1, 0.15) is 21.6 Å². The van der Waals surface area contributed by atoms with Crippen molar-refractivity contribution >= 4 is 22.6 Å². The second-order valence-electron chi connectivity index (χ2n) is 4.08. The molecule has 2 rings (SSSR count). The maximum atomic E-state index is 9.17. The van der Waals surface area contributed by atoms with Gasteiger partial charge in [-0.1, -0.05) is 12.1 Å². The summed E-state index contributed by atoms with van der Waals surface area (Å²) in [6.45, 7) is 3.95. The van der Waals surface area contributed by atoms with Crippen molar-refractivity contribution in [2.45, 2.75) is 13.8 Å². The van der Waals surface area contributed by atoms with Gasteiger partial charge in [0.25, 0.3) is 0 Å². The summed E-state index contributed by atoms with van der Waals surface area (Å²) in [5.74, 6) is 0.773. The van der Waals surface area contributed by atoms with E-state index in [0.717, 1.165) is 26.8 Å². The quantitative estimate of drug-likeness (QED) is 0.791. The number of nitriles is 1. The molecule has 0 bridgehead atoms. The number of hydrogen-bond acceptors (Lipinski definition) is 4. The lowest BCUT2D eigenvalue weighted by Crippen LogP contribution is -1.89. The highest BCUT2D eigenvalue weighted by molar-refractivity contribution is 7.16. The molecule has 0 fully saturated rings. The summed E-state index contributed by atoms with van der Waals surface area (Å²) in [7, 11) is 1.63. The molecule has 1 heterocycles. The van der Waals surface area contributed by atoms with Crippen LogP contribution in [0, 0.1) is 25.2 Å².